The minimum atomic E-state index is 0.115. The van der Waals surface area contributed by atoms with Gasteiger partial charge in [0.25, 0.3) is 0 Å². The highest BCUT2D eigenvalue weighted by Crippen LogP contribution is 2.19. The van der Waals surface area contributed by atoms with Gasteiger partial charge in [-0.1, -0.05) is 31.0 Å². The summed E-state index contributed by atoms with van der Waals surface area (Å²) >= 11 is 0. The monoisotopic (exact) mass is 301 g/mol. The van der Waals surface area contributed by atoms with E-state index in [1.165, 1.54) is 0 Å². The maximum absolute atomic E-state index is 12.0. The molecule has 0 bridgehead atoms. The molecular formula is C17H23N3O2. The number of hydrogen-bond donors (Lipinski definition) is 0. The van der Waals surface area contributed by atoms with E-state index < -0.39 is 0 Å². The van der Waals surface area contributed by atoms with Gasteiger partial charge in [-0.05, 0) is 25.5 Å². The van der Waals surface area contributed by atoms with Crippen molar-refractivity contribution in [2.75, 3.05) is 13.6 Å². The van der Waals surface area contributed by atoms with Gasteiger partial charge in [-0.15, -0.1) is 10.2 Å². The smallest absolute Gasteiger partial charge is 0.247 e. The number of rotatable bonds is 7. The van der Waals surface area contributed by atoms with Crippen LogP contribution in [0.5, 0.6) is 0 Å². The lowest BCUT2D eigenvalue weighted by Gasteiger charge is -2.15. The second kappa shape index (κ2) is 7.73. The van der Waals surface area contributed by atoms with Crippen molar-refractivity contribution in [2.24, 2.45) is 0 Å². The number of hydrogen-bond acceptors (Lipinski definition) is 4. The van der Waals surface area contributed by atoms with Crippen molar-refractivity contribution in [1.29, 1.82) is 0 Å². The summed E-state index contributed by atoms with van der Waals surface area (Å²) in [7, 11) is 1.84. The van der Waals surface area contributed by atoms with Gasteiger partial charge in [-0.2, -0.15) is 0 Å². The molecule has 1 amide bonds. The molecule has 0 fully saturated rings. The van der Waals surface area contributed by atoms with Crippen LogP contribution in [0.4, 0.5) is 0 Å². The van der Waals surface area contributed by atoms with Crippen LogP contribution in [0, 0.1) is 6.92 Å². The molecule has 0 spiro atoms. The lowest BCUT2D eigenvalue weighted by Crippen LogP contribution is -2.27. The second-order valence-electron chi connectivity index (χ2n) is 5.54. The molecule has 22 heavy (non-hydrogen) atoms. The van der Waals surface area contributed by atoms with Gasteiger partial charge in [0.2, 0.25) is 17.7 Å². The van der Waals surface area contributed by atoms with Gasteiger partial charge in [-0.25, -0.2) is 0 Å². The van der Waals surface area contributed by atoms with Gasteiger partial charge in [0.15, 0.2) is 0 Å². The highest BCUT2D eigenvalue weighted by molar-refractivity contribution is 5.75. The van der Waals surface area contributed by atoms with Crippen LogP contribution >= 0.6 is 0 Å². The average Bonchev–Trinajstić information content (AvgIpc) is 2.99. The fourth-order valence-electron chi connectivity index (χ4n) is 2.17. The lowest BCUT2D eigenvalue weighted by molar-refractivity contribution is -0.130. The highest BCUT2D eigenvalue weighted by atomic mass is 16.4. The molecule has 0 radical (unpaired) electrons. The van der Waals surface area contributed by atoms with Crippen molar-refractivity contribution in [2.45, 2.75) is 39.5 Å². The molecule has 0 aliphatic rings. The summed E-state index contributed by atoms with van der Waals surface area (Å²) in [5.41, 5.74) is 2.05. The Morgan fingerprint density at radius 3 is 2.86 bits per heavy atom. The molecule has 2 rings (SSSR count). The molecule has 0 saturated carbocycles. The van der Waals surface area contributed by atoms with Gasteiger partial charge in [0, 0.05) is 32.0 Å². The molecule has 0 saturated heterocycles. The normalized spacial score (nSPS) is 10.7. The zero-order valence-corrected chi connectivity index (χ0v) is 13.5. The third-order valence-corrected chi connectivity index (χ3v) is 3.56. The van der Waals surface area contributed by atoms with E-state index in [0.717, 1.165) is 30.5 Å². The Kier molecular flexibility index (Phi) is 5.69. The first-order valence-corrected chi connectivity index (χ1v) is 7.73. The van der Waals surface area contributed by atoms with Crippen LogP contribution in [0.1, 0.15) is 37.6 Å². The molecule has 118 valence electrons. The standard InChI is InChI=1S/C17H23N3O2/c1-4-5-11-20(3)16(21)10-9-15-18-19-17(22-15)14-8-6-7-13(2)12-14/h6-8,12H,4-5,9-11H2,1-3H3. The van der Waals surface area contributed by atoms with Crippen LogP contribution in [0.2, 0.25) is 0 Å². The molecule has 2 aromatic rings. The van der Waals surface area contributed by atoms with Crippen LogP contribution in [0.25, 0.3) is 11.5 Å². The lowest BCUT2D eigenvalue weighted by atomic mass is 10.1. The van der Waals surface area contributed by atoms with Crippen molar-refractivity contribution in [3.8, 4) is 11.5 Å². The number of aromatic nitrogens is 2. The second-order valence-corrected chi connectivity index (χ2v) is 5.54. The number of unbranched alkanes of at least 4 members (excludes halogenated alkanes) is 1. The predicted molar refractivity (Wildman–Crippen MR) is 85.3 cm³/mol. The minimum absolute atomic E-state index is 0.115. The first-order valence-electron chi connectivity index (χ1n) is 7.73. The first-order chi connectivity index (χ1) is 10.6. The largest absolute Gasteiger partial charge is 0.421 e. The van der Waals surface area contributed by atoms with E-state index >= 15 is 0 Å². The Labute approximate surface area is 131 Å². The summed E-state index contributed by atoms with van der Waals surface area (Å²) in [6.07, 6.45) is 2.99. The van der Waals surface area contributed by atoms with E-state index in [2.05, 4.69) is 17.1 Å². The van der Waals surface area contributed by atoms with Crippen LogP contribution < -0.4 is 0 Å². The topological polar surface area (TPSA) is 59.2 Å². The summed E-state index contributed by atoms with van der Waals surface area (Å²) in [4.78, 5) is 13.7. The van der Waals surface area contributed by atoms with Gasteiger partial charge in [0.05, 0.1) is 0 Å². The molecule has 0 N–H and O–H groups in total. The number of benzene rings is 1. The van der Waals surface area contributed by atoms with E-state index in [1.807, 2.05) is 38.2 Å². The van der Waals surface area contributed by atoms with E-state index in [4.69, 9.17) is 4.42 Å². The predicted octanol–water partition coefficient (Wildman–Crippen LogP) is 3.24. The minimum Gasteiger partial charge on any atom is -0.421 e. The highest BCUT2D eigenvalue weighted by Gasteiger charge is 2.12. The van der Waals surface area contributed by atoms with E-state index in [-0.39, 0.29) is 5.91 Å². The Hall–Kier alpha value is -2.17. The van der Waals surface area contributed by atoms with E-state index in [9.17, 15) is 4.79 Å². The third-order valence-electron chi connectivity index (χ3n) is 3.56. The molecule has 5 nitrogen and oxygen atoms in total. The van der Waals surface area contributed by atoms with Gasteiger partial charge < -0.3 is 9.32 Å². The fraction of sp³-hybridized carbons (Fsp3) is 0.471. The SMILES string of the molecule is CCCCN(C)C(=O)CCc1nnc(-c2cccc(C)c2)o1. The van der Waals surface area contributed by atoms with Crippen LogP contribution in [0.3, 0.4) is 0 Å². The maximum Gasteiger partial charge on any atom is 0.247 e. The van der Waals surface area contributed by atoms with Crippen LogP contribution in [-0.2, 0) is 11.2 Å². The average molecular weight is 301 g/mol. The number of carbonyl (C=O) groups is 1. The number of nitrogens with zero attached hydrogens (tertiary/aromatic N) is 3. The van der Waals surface area contributed by atoms with Crippen molar-refractivity contribution in [3.05, 3.63) is 35.7 Å². The molecule has 0 aliphatic carbocycles. The molecule has 0 unspecified atom stereocenters. The van der Waals surface area contributed by atoms with Crippen molar-refractivity contribution in [1.82, 2.24) is 15.1 Å². The molecule has 1 heterocycles. The van der Waals surface area contributed by atoms with Gasteiger partial charge in [0.1, 0.15) is 0 Å². The Morgan fingerprint density at radius 2 is 2.14 bits per heavy atom. The molecule has 1 aromatic heterocycles. The molecule has 1 aromatic carbocycles. The van der Waals surface area contributed by atoms with Crippen LogP contribution in [0.15, 0.2) is 28.7 Å². The quantitative estimate of drug-likeness (QED) is 0.787. The van der Waals surface area contributed by atoms with Gasteiger partial charge >= 0.3 is 0 Å². The Balaban J connectivity index is 1.91. The summed E-state index contributed by atoms with van der Waals surface area (Å²) in [5, 5.41) is 8.09. The van der Waals surface area contributed by atoms with Crippen LogP contribution in [-0.4, -0.2) is 34.6 Å². The number of amides is 1. The van der Waals surface area contributed by atoms with Gasteiger partial charge in [-0.3, -0.25) is 4.79 Å². The first kappa shape index (κ1) is 16.2. The summed E-state index contributed by atoms with van der Waals surface area (Å²) in [6, 6.07) is 7.92. The van der Waals surface area contributed by atoms with E-state index in [0.29, 0.717) is 24.6 Å². The number of carbonyl (C=O) groups excluding carboxylic acids is 1. The Bertz CT molecular complexity index is 622. The molecular weight excluding hydrogens is 278 g/mol. The van der Waals surface area contributed by atoms with Crippen molar-refractivity contribution < 1.29 is 9.21 Å². The van der Waals surface area contributed by atoms with Crippen molar-refractivity contribution in [3.63, 3.8) is 0 Å². The fourth-order valence-corrected chi connectivity index (χ4v) is 2.17. The van der Waals surface area contributed by atoms with Crippen molar-refractivity contribution >= 4 is 5.91 Å². The zero-order valence-electron chi connectivity index (χ0n) is 13.5. The molecule has 0 atom stereocenters. The Morgan fingerprint density at radius 1 is 1.32 bits per heavy atom. The number of aryl methyl sites for hydroxylation is 2. The summed E-state index contributed by atoms with van der Waals surface area (Å²) < 4.78 is 5.64. The summed E-state index contributed by atoms with van der Waals surface area (Å²) in [6.45, 7) is 4.93. The zero-order chi connectivity index (χ0) is 15.9. The third kappa shape index (κ3) is 4.41. The maximum atomic E-state index is 12.0. The molecule has 5 heteroatoms. The molecule has 0 aliphatic heterocycles. The van der Waals surface area contributed by atoms with E-state index in [1.54, 1.807) is 4.90 Å². The summed E-state index contributed by atoms with van der Waals surface area (Å²) in [5.74, 6) is 1.13.